The van der Waals surface area contributed by atoms with Gasteiger partial charge in [-0.3, -0.25) is 9.69 Å². The third-order valence-electron chi connectivity index (χ3n) is 6.67. The van der Waals surface area contributed by atoms with Gasteiger partial charge in [-0.2, -0.15) is 4.37 Å². The lowest BCUT2D eigenvalue weighted by Crippen LogP contribution is -2.62. The molecule has 0 spiro atoms. The van der Waals surface area contributed by atoms with Crippen LogP contribution in [0.2, 0.25) is 0 Å². The highest BCUT2D eigenvalue weighted by Crippen LogP contribution is 2.35. The highest BCUT2D eigenvalue weighted by molar-refractivity contribution is 7.99. The van der Waals surface area contributed by atoms with Gasteiger partial charge < -0.3 is 15.4 Å². The number of hydrogen-bond donors (Lipinski definition) is 2. The fourth-order valence-electron chi connectivity index (χ4n) is 4.87. The van der Waals surface area contributed by atoms with Gasteiger partial charge in [0.2, 0.25) is 0 Å². The van der Waals surface area contributed by atoms with Gasteiger partial charge in [0.05, 0.1) is 19.3 Å². The minimum absolute atomic E-state index is 0.0371. The van der Waals surface area contributed by atoms with Crippen LogP contribution in [0, 0.1) is 5.92 Å². The first kappa shape index (κ1) is 20.5. The number of nitrogens with zero attached hydrogens (tertiary/aromatic N) is 2. The number of carbonyl (C=O) groups is 1. The zero-order valence-corrected chi connectivity index (χ0v) is 18.8. The average Bonchev–Trinajstić information content (AvgIpc) is 3.25. The number of hydrogen-bond acceptors (Lipinski definition) is 7. The average molecular weight is 445 g/mol. The minimum Gasteiger partial charge on any atom is -0.378 e. The van der Waals surface area contributed by atoms with Crippen molar-refractivity contribution in [2.45, 2.75) is 47.8 Å². The van der Waals surface area contributed by atoms with Gasteiger partial charge in [-0.05, 0) is 74.6 Å². The van der Waals surface area contributed by atoms with E-state index in [1.807, 2.05) is 24.3 Å². The van der Waals surface area contributed by atoms with E-state index in [9.17, 15) is 4.79 Å². The van der Waals surface area contributed by atoms with Crippen molar-refractivity contribution in [3.05, 3.63) is 40.8 Å². The molecule has 6 rings (SSSR count). The Morgan fingerprint density at radius 1 is 1.30 bits per heavy atom. The second-order valence-corrected chi connectivity index (χ2v) is 10.1. The Balaban J connectivity index is 1.23. The van der Waals surface area contributed by atoms with E-state index in [1.165, 1.54) is 43.0 Å². The highest BCUT2D eigenvalue weighted by Gasteiger charge is 2.40. The zero-order valence-electron chi connectivity index (χ0n) is 17.2. The summed E-state index contributed by atoms with van der Waals surface area (Å²) >= 11 is 3.12. The van der Waals surface area contributed by atoms with Crippen molar-refractivity contribution in [1.82, 2.24) is 19.9 Å². The van der Waals surface area contributed by atoms with Crippen LogP contribution < -0.4 is 10.6 Å². The SMILES string of the molecule is C[C@H]1[C@H](NC(=O)c2ccc(Sc3nscc3C3COCCN3)cc2)C2CCN1CC2. The minimum atomic E-state index is 0.0371. The smallest absolute Gasteiger partial charge is 0.251 e. The molecule has 1 unspecified atom stereocenters. The topological polar surface area (TPSA) is 66.5 Å². The number of morpholine rings is 1. The molecule has 2 aromatic rings. The maximum atomic E-state index is 12.9. The summed E-state index contributed by atoms with van der Waals surface area (Å²) in [4.78, 5) is 16.4. The molecule has 0 aliphatic carbocycles. The van der Waals surface area contributed by atoms with Crippen molar-refractivity contribution in [3.8, 4) is 0 Å². The summed E-state index contributed by atoms with van der Waals surface area (Å²) < 4.78 is 10.2. The number of piperidine rings is 3. The van der Waals surface area contributed by atoms with E-state index in [4.69, 9.17) is 4.74 Å². The maximum absolute atomic E-state index is 12.9. The van der Waals surface area contributed by atoms with E-state index in [1.54, 1.807) is 11.8 Å². The molecule has 8 heteroatoms. The van der Waals surface area contributed by atoms with Gasteiger partial charge >= 0.3 is 0 Å². The Morgan fingerprint density at radius 3 is 2.80 bits per heavy atom. The lowest BCUT2D eigenvalue weighted by molar-refractivity contribution is 0.0217. The molecule has 1 aromatic heterocycles. The highest BCUT2D eigenvalue weighted by atomic mass is 32.2. The summed E-state index contributed by atoms with van der Waals surface area (Å²) in [7, 11) is 0. The van der Waals surface area contributed by atoms with Gasteiger partial charge in [0.25, 0.3) is 5.91 Å². The van der Waals surface area contributed by atoms with Crippen molar-refractivity contribution < 1.29 is 9.53 Å². The fraction of sp³-hybridized carbons (Fsp3) is 0.545. The largest absolute Gasteiger partial charge is 0.378 e. The maximum Gasteiger partial charge on any atom is 0.251 e. The van der Waals surface area contributed by atoms with Crippen LogP contribution in [0.1, 0.15) is 41.7 Å². The van der Waals surface area contributed by atoms with E-state index in [-0.39, 0.29) is 18.0 Å². The summed E-state index contributed by atoms with van der Waals surface area (Å²) in [5.41, 5.74) is 1.92. The van der Waals surface area contributed by atoms with Crippen molar-refractivity contribution in [2.24, 2.45) is 5.92 Å². The van der Waals surface area contributed by atoms with Crippen molar-refractivity contribution in [1.29, 1.82) is 0 Å². The first-order valence-electron chi connectivity index (χ1n) is 10.8. The Kier molecular flexibility index (Phi) is 6.11. The van der Waals surface area contributed by atoms with Gasteiger partial charge in [-0.15, -0.1) is 0 Å². The van der Waals surface area contributed by atoms with Crippen LogP contribution in [0.15, 0.2) is 39.6 Å². The Hall–Kier alpha value is -1.45. The lowest BCUT2D eigenvalue weighted by atomic mass is 9.79. The summed E-state index contributed by atoms with van der Waals surface area (Å²) in [5, 5.41) is 9.93. The summed E-state index contributed by atoms with van der Waals surface area (Å²) in [6.45, 7) is 6.90. The Labute approximate surface area is 185 Å². The third-order valence-corrected chi connectivity index (χ3v) is 8.46. The molecule has 4 aliphatic heterocycles. The standard InChI is InChI=1S/C22H28N4O2S2/c1-14-20(15-6-9-26(14)10-7-15)24-21(27)16-2-4-17(5-3-16)30-22-18(13-29-25-22)19-12-28-11-8-23-19/h2-5,13-15,19-20,23H,6-12H2,1H3,(H,24,27)/t14-,19?,20-/m0/s1. The molecular weight excluding hydrogens is 416 g/mol. The van der Waals surface area contributed by atoms with Gasteiger partial charge in [0.1, 0.15) is 5.03 Å². The van der Waals surface area contributed by atoms with E-state index >= 15 is 0 Å². The predicted molar refractivity (Wildman–Crippen MR) is 119 cm³/mol. The number of aromatic nitrogens is 1. The van der Waals surface area contributed by atoms with Crippen LogP contribution in [-0.2, 0) is 4.74 Å². The number of nitrogens with one attached hydrogen (secondary N) is 2. The molecule has 4 saturated heterocycles. The Morgan fingerprint density at radius 2 is 2.10 bits per heavy atom. The molecule has 2 N–H and O–H groups in total. The Bertz CT molecular complexity index is 872. The first-order valence-corrected chi connectivity index (χ1v) is 12.4. The van der Waals surface area contributed by atoms with Gasteiger partial charge in [0, 0.05) is 40.0 Å². The molecular formula is C22H28N4O2S2. The molecule has 0 saturated carbocycles. The third kappa shape index (κ3) is 4.16. The number of fused-ring (bicyclic) bond motifs is 3. The molecule has 0 radical (unpaired) electrons. The molecule has 2 bridgehead atoms. The van der Waals surface area contributed by atoms with E-state index < -0.39 is 0 Å². The summed E-state index contributed by atoms with van der Waals surface area (Å²) in [6, 6.07) is 8.79. The van der Waals surface area contributed by atoms with Crippen LogP contribution >= 0.6 is 23.3 Å². The molecule has 4 fully saturated rings. The van der Waals surface area contributed by atoms with Gasteiger partial charge in [0.15, 0.2) is 0 Å². The molecule has 5 heterocycles. The van der Waals surface area contributed by atoms with E-state index in [2.05, 4.69) is 32.2 Å². The molecule has 160 valence electrons. The lowest BCUT2D eigenvalue weighted by Gasteiger charge is -2.49. The van der Waals surface area contributed by atoms with Crippen LogP contribution in [0.5, 0.6) is 0 Å². The van der Waals surface area contributed by atoms with Gasteiger partial charge in [-0.25, -0.2) is 0 Å². The van der Waals surface area contributed by atoms with Crippen LogP contribution in [0.3, 0.4) is 0 Å². The van der Waals surface area contributed by atoms with E-state index in [0.717, 1.165) is 28.6 Å². The predicted octanol–water partition coefficient (Wildman–Crippen LogP) is 3.17. The normalized spacial score (nSPS) is 30.9. The summed E-state index contributed by atoms with van der Waals surface area (Å²) in [6.07, 6.45) is 2.39. The molecule has 6 nitrogen and oxygen atoms in total. The van der Waals surface area contributed by atoms with Crippen LogP contribution in [-0.4, -0.2) is 60.1 Å². The number of rotatable bonds is 5. The quantitative estimate of drug-likeness (QED) is 0.739. The van der Waals surface area contributed by atoms with E-state index in [0.29, 0.717) is 18.6 Å². The first-order chi connectivity index (χ1) is 14.7. The fourth-order valence-corrected chi connectivity index (χ4v) is 6.68. The van der Waals surface area contributed by atoms with Crippen LogP contribution in [0.25, 0.3) is 0 Å². The van der Waals surface area contributed by atoms with Crippen molar-refractivity contribution in [3.63, 3.8) is 0 Å². The number of ether oxygens (including phenoxy) is 1. The molecule has 1 aromatic carbocycles. The van der Waals surface area contributed by atoms with Crippen molar-refractivity contribution in [2.75, 3.05) is 32.8 Å². The second kappa shape index (κ2) is 8.96. The summed E-state index contributed by atoms with van der Waals surface area (Å²) in [5.74, 6) is 0.652. The molecule has 3 atom stereocenters. The number of benzene rings is 1. The number of carbonyl (C=O) groups excluding carboxylic acids is 1. The second-order valence-electron chi connectivity index (χ2n) is 8.40. The number of amides is 1. The molecule has 4 aliphatic rings. The monoisotopic (exact) mass is 444 g/mol. The van der Waals surface area contributed by atoms with Crippen molar-refractivity contribution >= 4 is 29.2 Å². The van der Waals surface area contributed by atoms with Crippen LogP contribution in [0.4, 0.5) is 0 Å². The molecule has 1 amide bonds. The van der Waals surface area contributed by atoms with Gasteiger partial charge in [-0.1, -0.05) is 11.8 Å². The molecule has 30 heavy (non-hydrogen) atoms. The zero-order chi connectivity index (χ0) is 20.5.